The summed E-state index contributed by atoms with van der Waals surface area (Å²) < 4.78 is 10.3. The third-order valence-electron chi connectivity index (χ3n) is 4.46. The fourth-order valence-corrected chi connectivity index (χ4v) is 3.10. The summed E-state index contributed by atoms with van der Waals surface area (Å²) in [6, 6.07) is 7.71. The molecule has 2 rings (SSSR count). The van der Waals surface area contributed by atoms with E-state index in [-0.39, 0.29) is 17.8 Å². The van der Waals surface area contributed by atoms with E-state index in [1.165, 1.54) is 0 Å². The molecule has 1 atom stereocenters. The molecule has 0 aliphatic carbocycles. The van der Waals surface area contributed by atoms with Crippen molar-refractivity contribution in [3.63, 3.8) is 0 Å². The first-order valence-electron chi connectivity index (χ1n) is 8.79. The number of carbonyl (C=O) groups is 2. The van der Waals surface area contributed by atoms with E-state index >= 15 is 0 Å². The van der Waals surface area contributed by atoms with Gasteiger partial charge in [0.05, 0.1) is 26.2 Å². The lowest BCUT2D eigenvalue weighted by Crippen LogP contribution is -2.44. The fourth-order valence-electron chi connectivity index (χ4n) is 3.10. The molecule has 1 aromatic rings. The Morgan fingerprint density at radius 3 is 2.88 bits per heavy atom. The summed E-state index contributed by atoms with van der Waals surface area (Å²) in [5, 5.41) is 0. The van der Waals surface area contributed by atoms with Crippen LogP contribution in [-0.4, -0.2) is 62.1 Å². The third-order valence-corrected chi connectivity index (χ3v) is 4.46. The van der Waals surface area contributed by atoms with Crippen LogP contribution in [0.1, 0.15) is 25.3 Å². The van der Waals surface area contributed by atoms with Crippen LogP contribution in [0.25, 0.3) is 0 Å². The molecular formula is C19H28N2O4. The van der Waals surface area contributed by atoms with Crippen molar-refractivity contribution in [2.24, 2.45) is 5.92 Å². The van der Waals surface area contributed by atoms with Gasteiger partial charge in [-0.05, 0) is 44.0 Å². The number of likely N-dealkylation sites (N-methyl/N-ethyl adjacent to an activating group) is 1. The minimum absolute atomic E-state index is 0.0485. The average Bonchev–Trinajstić information content (AvgIpc) is 2.62. The van der Waals surface area contributed by atoms with E-state index < -0.39 is 0 Å². The quantitative estimate of drug-likeness (QED) is 0.705. The minimum atomic E-state index is -0.149. The van der Waals surface area contributed by atoms with Gasteiger partial charge in [-0.3, -0.25) is 14.5 Å². The lowest BCUT2D eigenvalue weighted by molar-refractivity contribution is -0.150. The molecule has 1 unspecified atom stereocenters. The zero-order valence-electron chi connectivity index (χ0n) is 15.4. The second-order valence-electron chi connectivity index (χ2n) is 6.43. The van der Waals surface area contributed by atoms with E-state index in [0.717, 1.165) is 30.7 Å². The Kier molecular flexibility index (Phi) is 7.25. The van der Waals surface area contributed by atoms with Gasteiger partial charge in [0.1, 0.15) is 5.75 Å². The molecule has 0 radical (unpaired) electrons. The Morgan fingerprint density at radius 2 is 2.16 bits per heavy atom. The largest absolute Gasteiger partial charge is 0.497 e. The maximum absolute atomic E-state index is 12.5. The van der Waals surface area contributed by atoms with E-state index in [9.17, 15) is 9.59 Å². The lowest BCUT2D eigenvalue weighted by atomic mass is 9.98. The van der Waals surface area contributed by atoms with Crippen LogP contribution < -0.4 is 4.74 Å². The van der Waals surface area contributed by atoms with Crippen molar-refractivity contribution in [1.29, 1.82) is 0 Å². The number of benzene rings is 1. The molecule has 1 fully saturated rings. The molecule has 0 bridgehead atoms. The highest BCUT2D eigenvalue weighted by Gasteiger charge is 2.28. The number of esters is 1. The summed E-state index contributed by atoms with van der Waals surface area (Å²) in [6.45, 7) is 4.51. The summed E-state index contributed by atoms with van der Waals surface area (Å²) in [4.78, 5) is 28.2. The number of amides is 1. The summed E-state index contributed by atoms with van der Waals surface area (Å²) >= 11 is 0. The first kappa shape index (κ1) is 19.2. The van der Waals surface area contributed by atoms with Gasteiger partial charge in [-0.1, -0.05) is 12.1 Å². The molecule has 1 heterocycles. The van der Waals surface area contributed by atoms with Crippen LogP contribution in [0.4, 0.5) is 0 Å². The molecule has 6 heteroatoms. The van der Waals surface area contributed by atoms with E-state index in [1.54, 1.807) is 19.1 Å². The van der Waals surface area contributed by atoms with Gasteiger partial charge in [0.15, 0.2) is 0 Å². The van der Waals surface area contributed by atoms with Gasteiger partial charge in [0.2, 0.25) is 5.91 Å². The Morgan fingerprint density at radius 1 is 1.36 bits per heavy atom. The van der Waals surface area contributed by atoms with Crippen LogP contribution in [0.2, 0.25) is 0 Å². The van der Waals surface area contributed by atoms with E-state index in [0.29, 0.717) is 26.2 Å². The molecule has 1 aromatic carbocycles. The number of methoxy groups -OCH3 is 1. The number of piperidine rings is 1. The maximum atomic E-state index is 12.5. The normalized spacial score (nSPS) is 17.8. The van der Waals surface area contributed by atoms with Crippen LogP contribution in [0.3, 0.4) is 0 Å². The van der Waals surface area contributed by atoms with Gasteiger partial charge in [0.25, 0.3) is 0 Å². The van der Waals surface area contributed by atoms with Crippen molar-refractivity contribution in [2.45, 2.75) is 26.3 Å². The van der Waals surface area contributed by atoms with E-state index in [2.05, 4.69) is 4.90 Å². The number of hydrogen-bond donors (Lipinski definition) is 0. The highest BCUT2D eigenvalue weighted by atomic mass is 16.5. The monoisotopic (exact) mass is 348 g/mol. The van der Waals surface area contributed by atoms with Crippen LogP contribution in [-0.2, 0) is 20.9 Å². The molecule has 0 saturated carbocycles. The highest BCUT2D eigenvalue weighted by molar-refractivity contribution is 5.78. The third kappa shape index (κ3) is 5.74. The molecule has 1 saturated heterocycles. The molecule has 138 valence electrons. The average molecular weight is 348 g/mol. The van der Waals surface area contributed by atoms with Crippen molar-refractivity contribution in [2.75, 3.05) is 40.4 Å². The second kappa shape index (κ2) is 9.42. The summed E-state index contributed by atoms with van der Waals surface area (Å²) in [7, 11) is 3.43. The number of hydrogen-bond acceptors (Lipinski definition) is 5. The molecule has 25 heavy (non-hydrogen) atoms. The first-order valence-corrected chi connectivity index (χ1v) is 8.79. The molecule has 0 spiro atoms. The van der Waals surface area contributed by atoms with Gasteiger partial charge in [-0.25, -0.2) is 0 Å². The molecule has 6 nitrogen and oxygen atoms in total. The standard InChI is InChI=1S/C19H28N2O4/c1-4-25-19(23)16-8-6-10-21(13-16)14-18(22)20(2)12-15-7-5-9-17(11-15)24-3/h5,7,9,11,16H,4,6,8,10,12-14H2,1-3H3. The SMILES string of the molecule is CCOC(=O)C1CCCN(CC(=O)N(C)Cc2cccc(OC)c2)C1. The van der Waals surface area contributed by atoms with Crippen molar-refractivity contribution in [3.8, 4) is 5.75 Å². The number of ether oxygens (including phenoxy) is 2. The van der Waals surface area contributed by atoms with Gasteiger partial charge >= 0.3 is 5.97 Å². The Labute approximate surface area is 149 Å². The van der Waals surface area contributed by atoms with E-state index in [4.69, 9.17) is 9.47 Å². The molecule has 1 aliphatic heterocycles. The molecule has 0 N–H and O–H groups in total. The Balaban J connectivity index is 1.86. The van der Waals surface area contributed by atoms with Gasteiger partial charge in [-0.15, -0.1) is 0 Å². The predicted octanol–water partition coefficient (Wildman–Crippen LogP) is 1.93. The van der Waals surface area contributed by atoms with E-state index in [1.807, 2.05) is 31.2 Å². The predicted molar refractivity (Wildman–Crippen MR) is 95.3 cm³/mol. The fraction of sp³-hybridized carbons (Fsp3) is 0.579. The highest BCUT2D eigenvalue weighted by Crippen LogP contribution is 2.18. The lowest BCUT2D eigenvalue weighted by Gasteiger charge is -2.32. The summed E-state index contributed by atoms with van der Waals surface area (Å²) in [5.74, 6) is 0.563. The second-order valence-corrected chi connectivity index (χ2v) is 6.43. The minimum Gasteiger partial charge on any atom is -0.497 e. The molecule has 0 aromatic heterocycles. The Hall–Kier alpha value is -2.08. The number of carbonyl (C=O) groups excluding carboxylic acids is 2. The van der Waals surface area contributed by atoms with Crippen molar-refractivity contribution in [1.82, 2.24) is 9.80 Å². The summed E-state index contributed by atoms with van der Waals surface area (Å²) in [5.41, 5.74) is 1.03. The van der Waals surface area contributed by atoms with Crippen LogP contribution in [0.15, 0.2) is 24.3 Å². The number of rotatable bonds is 7. The molecule has 1 aliphatic rings. The zero-order valence-corrected chi connectivity index (χ0v) is 15.4. The zero-order chi connectivity index (χ0) is 18.2. The number of nitrogens with zero attached hydrogens (tertiary/aromatic N) is 2. The smallest absolute Gasteiger partial charge is 0.310 e. The van der Waals surface area contributed by atoms with Crippen molar-refractivity contribution < 1.29 is 19.1 Å². The van der Waals surface area contributed by atoms with Crippen LogP contribution in [0, 0.1) is 5.92 Å². The van der Waals surface area contributed by atoms with Crippen LogP contribution >= 0.6 is 0 Å². The topological polar surface area (TPSA) is 59.1 Å². The van der Waals surface area contributed by atoms with Gasteiger partial charge < -0.3 is 14.4 Å². The Bertz CT molecular complexity index is 591. The molecular weight excluding hydrogens is 320 g/mol. The summed E-state index contributed by atoms with van der Waals surface area (Å²) in [6.07, 6.45) is 1.75. The van der Waals surface area contributed by atoms with Crippen molar-refractivity contribution in [3.05, 3.63) is 29.8 Å². The van der Waals surface area contributed by atoms with Gasteiger partial charge in [0, 0.05) is 20.1 Å². The van der Waals surface area contributed by atoms with Crippen molar-refractivity contribution >= 4 is 11.9 Å². The molecule has 1 amide bonds. The maximum Gasteiger partial charge on any atom is 0.310 e. The first-order chi connectivity index (χ1) is 12.0. The van der Waals surface area contributed by atoms with Crippen LogP contribution in [0.5, 0.6) is 5.75 Å². The number of likely N-dealkylation sites (tertiary alicyclic amines) is 1. The van der Waals surface area contributed by atoms with Gasteiger partial charge in [-0.2, -0.15) is 0 Å².